The zero-order valence-corrected chi connectivity index (χ0v) is 32.9. The van der Waals surface area contributed by atoms with Gasteiger partial charge in [0.15, 0.2) is 19.0 Å². The van der Waals surface area contributed by atoms with Crippen molar-refractivity contribution in [3.8, 4) is 11.5 Å². The second-order valence-electron chi connectivity index (χ2n) is 13.6. The first-order chi connectivity index (χ1) is 24.5. The fourth-order valence-electron chi connectivity index (χ4n) is 5.03. The topological polar surface area (TPSA) is 212 Å². The van der Waals surface area contributed by atoms with Gasteiger partial charge >= 0.3 is 5.91 Å². The van der Waals surface area contributed by atoms with Crippen LogP contribution >= 0.6 is 11.3 Å². The molecule has 7 N–H and O–H groups in total. The predicted octanol–water partition coefficient (Wildman–Crippen LogP) is 5.55. The number of nitrogens with two attached hydrogens (primary N) is 3. The number of fused-ring (bicyclic) bond motifs is 1. The van der Waals surface area contributed by atoms with Crippen molar-refractivity contribution in [3.63, 3.8) is 0 Å². The van der Waals surface area contributed by atoms with Crippen LogP contribution < -0.4 is 36.8 Å². The van der Waals surface area contributed by atoms with Crippen molar-refractivity contribution >= 4 is 59.0 Å². The number of benzene rings is 2. The number of ether oxygens (including phenoxy) is 2. The maximum absolute atomic E-state index is 13.3. The summed E-state index contributed by atoms with van der Waals surface area (Å²) >= 11 is 1.21. The molecule has 0 saturated heterocycles. The van der Waals surface area contributed by atoms with E-state index in [2.05, 4.69) is 49.2 Å². The number of aryl methyl sites for hydroxylation is 2. The Balaban J connectivity index is 1.58. The molecule has 0 bridgehead atoms. The van der Waals surface area contributed by atoms with E-state index in [0.717, 1.165) is 0 Å². The standard InChI is InChI=1S/C36H49N7O7SSi/c1-9-25-31(50-21(2)41-25)34(46)42-35-43(30-27(47-6)19-23(33(39)45)20-28(30)51-35)14-11-10-13-40-29-24(37)17-22(32(38)44)18-26(29)48-15-12-16-49-52(7,8)36(3,4)5/h10-11,17-20,40H,9,12-16,37H2,1-8H3,(H2,38,44)(H2,39,45)/b11-10+,42-35?. The summed E-state index contributed by atoms with van der Waals surface area (Å²) < 4.78 is 26.0. The molecule has 280 valence electrons. The molecule has 4 rings (SSSR count). The summed E-state index contributed by atoms with van der Waals surface area (Å²) in [6.45, 7) is 16.0. The first-order valence-corrected chi connectivity index (χ1v) is 20.6. The number of oxazole rings is 1. The number of amides is 3. The van der Waals surface area contributed by atoms with Crippen LogP contribution in [0.4, 0.5) is 11.4 Å². The Labute approximate surface area is 308 Å². The number of anilines is 2. The molecular formula is C36H49N7O7SSi. The van der Waals surface area contributed by atoms with Gasteiger partial charge in [0.2, 0.25) is 17.6 Å². The van der Waals surface area contributed by atoms with Crippen LogP contribution in [0.1, 0.15) is 77.0 Å². The summed E-state index contributed by atoms with van der Waals surface area (Å²) in [5.41, 5.74) is 20.0. The average molecular weight is 752 g/mol. The number of methoxy groups -OCH3 is 1. The van der Waals surface area contributed by atoms with Crippen molar-refractivity contribution in [1.82, 2.24) is 9.55 Å². The monoisotopic (exact) mass is 751 g/mol. The number of rotatable bonds is 16. The van der Waals surface area contributed by atoms with Crippen LogP contribution in [0.3, 0.4) is 0 Å². The van der Waals surface area contributed by atoms with Crippen LogP contribution in [0, 0.1) is 6.92 Å². The molecule has 0 unspecified atom stereocenters. The molecule has 0 spiro atoms. The minimum atomic E-state index is -1.89. The van der Waals surface area contributed by atoms with E-state index in [1.165, 1.54) is 24.5 Å². The molecular weight excluding hydrogens is 703 g/mol. The van der Waals surface area contributed by atoms with Crippen LogP contribution in [0.25, 0.3) is 10.2 Å². The number of aromatic nitrogens is 2. The molecule has 2 aromatic carbocycles. The number of nitrogens with one attached hydrogen (secondary N) is 1. The SMILES string of the molecule is CCc1nc(C)oc1C(=O)N=c1sc2cc(C(N)=O)cc(OC)c2n1C/C=C/CNc1c(N)cc(C(N)=O)cc1OCCCO[Si](C)(C)C(C)(C)C. The first-order valence-electron chi connectivity index (χ1n) is 16.9. The highest BCUT2D eigenvalue weighted by atomic mass is 32.1. The van der Waals surface area contributed by atoms with Crippen molar-refractivity contribution in [2.45, 2.75) is 72.1 Å². The summed E-state index contributed by atoms with van der Waals surface area (Å²) in [4.78, 5) is 46.4. The van der Waals surface area contributed by atoms with Crippen LogP contribution in [0.15, 0.2) is 45.8 Å². The number of nitrogen functional groups attached to an aromatic ring is 1. The molecule has 3 amide bonds. The second-order valence-corrected chi connectivity index (χ2v) is 19.4. The Hall–Kier alpha value is -4.93. The Morgan fingerprint density at radius 3 is 2.37 bits per heavy atom. The average Bonchev–Trinajstić information content (AvgIpc) is 3.63. The summed E-state index contributed by atoms with van der Waals surface area (Å²) in [6, 6.07) is 6.28. The number of thiazole rings is 1. The number of primary amides is 2. The van der Waals surface area contributed by atoms with Gasteiger partial charge in [-0.05, 0) is 48.8 Å². The highest BCUT2D eigenvalue weighted by Gasteiger charge is 2.36. The third-order valence-electron chi connectivity index (χ3n) is 8.86. The molecule has 2 heterocycles. The van der Waals surface area contributed by atoms with E-state index < -0.39 is 26.0 Å². The van der Waals surface area contributed by atoms with E-state index >= 15 is 0 Å². The fourth-order valence-corrected chi connectivity index (χ4v) is 7.21. The Kier molecular flexibility index (Phi) is 12.7. The van der Waals surface area contributed by atoms with E-state index in [0.29, 0.717) is 82.1 Å². The number of hydrogen-bond donors (Lipinski definition) is 4. The highest BCUT2D eigenvalue weighted by Crippen LogP contribution is 2.37. The molecule has 52 heavy (non-hydrogen) atoms. The van der Waals surface area contributed by atoms with Gasteiger partial charge in [-0.1, -0.05) is 51.2 Å². The van der Waals surface area contributed by atoms with Crippen LogP contribution in [0.2, 0.25) is 18.1 Å². The molecule has 0 atom stereocenters. The maximum Gasteiger partial charge on any atom is 0.317 e. The van der Waals surface area contributed by atoms with Crippen molar-refractivity contribution in [2.24, 2.45) is 16.5 Å². The van der Waals surface area contributed by atoms with Gasteiger partial charge in [-0.15, -0.1) is 0 Å². The Morgan fingerprint density at radius 2 is 1.73 bits per heavy atom. The van der Waals surface area contributed by atoms with Gasteiger partial charge in [0.25, 0.3) is 0 Å². The third kappa shape index (κ3) is 9.29. The van der Waals surface area contributed by atoms with Crippen LogP contribution in [-0.4, -0.2) is 62.5 Å². The van der Waals surface area contributed by atoms with Gasteiger partial charge in [0, 0.05) is 44.2 Å². The van der Waals surface area contributed by atoms with E-state index in [9.17, 15) is 14.4 Å². The van der Waals surface area contributed by atoms with Gasteiger partial charge in [0.05, 0.1) is 29.8 Å². The number of allylic oxidation sites excluding steroid dienone is 1. The van der Waals surface area contributed by atoms with Crippen LogP contribution in [-0.2, 0) is 17.4 Å². The van der Waals surface area contributed by atoms with Crippen LogP contribution in [0.5, 0.6) is 11.5 Å². The van der Waals surface area contributed by atoms with Gasteiger partial charge in [-0.3, -0.25) is 14.4 Å². The number of carbonyl (C=O) groups excluding carboxylic acids is 3. The van der Waals surface area contributed by atoms with Crippen molar-refractivity contribution in [2.75, 3.05) is 37.9 Å². The number of hydrogen-bond acceptors (Lipinski definition) is 11. The summed E-state index contributed by atoms with van der Waals surface area (Å²) in [6.07, 6.45) is 4.90. The molecule has 0 aliphatic rings. The highest BCUT2D eigenvalue weighted by molar-refractivity contribution is 7.16. The van der Waals surface area contributed by atoms with E-state index in [4.69, 9.17) is 35.5 Å². The summed E-state index contributed by atoms with van der Waals surface area (Å²) in [5.74, 6) is -0.566. The molecule has 14 nitrogen and oxygen atoms in total. The minimum absolute atomic E-state index is 0.0784. The molecule has 0 fully saturated rings. The zero-order chi connectivity index (χ0) is 38.4. The molecule has 16 heteroatoms. The molecule has 0 aliphatic heterocycles. The van der Waals surface area contributed by atoms with E-state index in [1.807, 2.05) is 23.6 Å². The van der Waals surface area contributed by atoms with Gasteiger partial charge < -0.3 is 45.4 Å². The Morgan fingerprint density at radius 1 is 1.06 bits per heavy atom. The van der Waals surface area contributed by atoms with E-state index in [1.54, 1.807) is 25.1 Å². The van der Waals surface area contributed by atoms with Crippen molar-refractivity contribution < 1.29 is 32.7 Å². The van der Waals surface area contributed by atoms with Gasteiger partial charge in [0.1, 0.15) is 22.7 Å². The largest absolute Gasteiger partial charge is 0.494 e. The normalized spacial score (nSPS) is 12.5. The molecule has 0 radical (unpaired) electrons. The molecule has 0 saturated carbocycles. The lowest BCUT2D eigenvalue weighted by Crippen LogP contribution is -2.41. The maximum atomic E-state index is 13.3. The van der Waals surface area contributed by atoms with E-state index in [-0.39, 0.29) is 28.5 Å². The first kappa shape index (κ1) is 39.8. The summed E-state index contributed by atoms with van der Waals surface area (Å²) in [5, 5.41) is 3.38. The quantitative estimate of drug-likeness (QED) is 0.0485. The lowest BCUT2D eigenvalue weighted by Gasteiger charge is -2.36. The molecule has 2 aromatic heterocycles. The molecule has 4 aromatic rings. The lowest BCUT2D eigenvalue weighted by molar-refractivity contribution is 0.0966. The van der Waals surface area contributed by atoms with Crippen molar-refractivity contribution in [1.29, 1.82) is 0 Å². The zero-order valence-electron chi connectivity index (χ0n) is 31.0. The second kappa shape index (κ2) is 16.6. The number of nitrogens with zero attached hydrogens (tertiary/aromatic N) is 3. The molecule has 0 aliphatic carbocycles. The van der Waals surface area contributed by atoms with Crippen molar-refractivity contribution in [3.05, 3.63) is 69.7 Å². The number of carbonyl (C=O) groups is 3. The Bertz CT molecular complexity index is 2060. The fraction of sp³-hybridized carbons (Fsp3) is 0.417. The third-order valence-corrected chi connectivity index (χ3v) is 14.4. The minimum Gasteiger partial charge on any atom is -0.494 e. The smallest absolute Gasteiger partial charge is 0.317 e. The van der Waals surface area contributed by atoms with Gasteiger partial charge in [-0.2, -0.15) is 4.99 Å². The predicted molar refractivity (Wildman–Crippen MR) is 206 cm³/mol. The summed E-state index contributed by atoms with van der Waals surface area (Å²) in [7, 11) is -0.406. The lowest BCUT2D eigenvalue weighted by atomic mass is 10.1. The van der Waals surface area contributed by atoms with Gasteiger partial charge in [-0.25, -0.2) is 4.98 Å².